The van der Waals surface area contributed by atoms with Crippen LogP contribution in [0.25, 0.3) is 0 Å². The van der Waals surface area contributed by atoms with Crippen molar-refractivity contribution in [3.8, 4) is 0 Å². The van der Waals surface area contributed by atoms with Crippen molar-refractivity contribution in [3.05, 3.63) is 16.1 Å². The van der Waals surface area contributed by atoms with Crippen LogP contribution in [0.15, 0.2) is 10.4 Å². The molecule has 2 saturated heterocycles. The highest BCUT2D eigenvalue weighted by Gasteiger charge is 2.42. The number of ether oxygens (including phenoxy) is 1. The second-order valence-corrected chi connectivity index (χ2v) is 7.38. The summed E-state index contributed by atoms with van der Waals surface area (Å²) in [6.45, 7) is 9.89. The topological polar surface area (TPSA) is 49.8 Å². The Kier molecular flexibility index (Phi) is 4.98. The van der Waals surface area contributed by atoms with E-state index in [0.717, 1.165) is 62.5 Å². The summed E-state index contributed by atoms with van der Waals surface area (Å²) < 4.78 is 5.62. The number of rotatable bonds is 4. The van der Waals surface area contributed by atoms with Gasteiger partial charge in [-0.15, -0.1) is 11.3 Å². The van der Waals surface area contributed by atoms with Gasteiger partial charge < -0.3 is 15.0 Å². The predicted octanol–water partition coefficient (Wildman–Crippen LogP) is 2.07. The summed E-state index contributed by atoms with van der Waals surface area (Å²) in [6, 6.07) is 0. The van der Waals surface area contributed by atoms with Crippen LogP contribution in [-0.4, -0.2) is 55.2 Å². The zero-order valence-corrected chi connectivity index (χ0v) is 14.4. The number of guanidine groups is 1. The van der Waals surface area contributed by atoms with Gasteiger partial charge in [-0.25, -0.2) is 4.98 Å². The molecule has 1 aromatic heterocycles. The van der Waals surface area contributed by atoms with E-state index in [1.54, 1.807) is 11.3 Å². The summed E-state index contributed by atoms with van der Waals surface area (Å²) >= 11 is 1.71. The molecule has 6 heteroatoms. The lowest BCUT2D eigenvalue weighted by Crippen LogP contribution is -2.41. The smallest absolute Gasteiger partial charge is 0.193 e. The first kappa shape index (κ1) is 15.7. The van der Waals surface area contributed by atoms with Crippen molar-refractivity contribution in [2.75, 3.05) is 39.4 Å². The molecule has 1 spiro atoms. The Bertz CT molecular complexity index is 522. The quantitative estimate of drug-likeness (QED) is 0.681. The van der Waals surface area contributed by atoms with E-state index in [1.807, 2.05) is 0 Å². The fourth-order valence-corrected chi connectivity index (χ4v) is 3.96. The Morgan fingerprint density at radius 3 is 3.14 bits per heavy atom. The molecule has 0 aromatic carbocycles. The molecule has 1 aromatic rings. The van der Waals surface area contributed by atoms with Crippen LogP contribution in [0.4, 0.5) is 0 Å². The van der Waals surface area contributed by atoms with Crippen molar-refractivity contribution in [2.24, 2.45) is 10.4 Å². The maximum atomic E-state index is 5.62. The zero-order chi connectivity index (χ0) is 15.4. The molecule has 2 fully saturated rings. The minimum atomic E-state index is 0.377. The van der Waals surface area contributed by atoms with Gasteiger partial charge in [-0.2, -0.15) is 0 Å². The van der Waals surface area contributed by atoms with E-state index in [-0.39, 0.29) is 0 Å². The summed E-state index contributed by atoms with van der Waals surface area (Å²) in [6.07, 6.45) is 3.34. The van der Waals surface area contributed by atoms with Gasteiger partial charge in [-0.05, 0) is 26.7 Å². The SMILES string of the molecule is CCNC(=NCCc1csc(C)n1)N1CCC2(CCOC2)C1. The molecule has 5 nitrogen and oxygen atoms in total. The molecule has 2 aliphatic heterocycles. The minimum absolute atomic E-state index is 0.377. The van der Waals surface area contributed by atoms with Gasteiger partial charge in [0.1, 0.15) is 0 Å². The van der Waals surface area contributed by atoms with Crippen LogP contribution in [0.3, 0.4) is 0 Å². The van der Waals surface area contributed by atoms with E-state index in [4.69, 9.17) is 9.73 Å². The molecule has 22 heavy (non-hydrogen) atoms. The molecule has 2 aliphatic rings. The normalized spacial score (nSPS) is 25.4. The number of aromatic nitrogens is 1. The summed E-state index contributed by atoms with van der Waals surface area (Å²) in [7, 11) is 0. The largest absolute Gasteiger partial charge is 0.381 e. The Hall–Kier alpha value is -1.14. The van der Waals surface area contributed by atoms with Gasteiger partial charge in [-0.3, -0.25) is 4.99 Å². The molecule has 1 unspecified atom stereocenters. The number of nitrogens with zero attached hydrogens (tertiary/aromatic N) is 3. The Morgan fingerprint density at radius 2 is 2.45 bits per heavy atom. The monoisotopic (exact) mass is 322 g/mol. The van der Waals surface area contributed by atoms with Crippen molar-refractivity contribution in [1.82, 2.24) is 15.2 Å². The van der Waals surface area contributed by atoms with Gasteiger partial charge in [0.05, 0.1) is 17.3 Å². The van der Waals surface area contributed by atoms with Crippen LogP contribution in [0, 0.1) is 12.3 Å². The lowest BCUT2D eigenvalue weighted by Gasteiger charge is -2.24. The molecule has 0 radical (unpaired) electrons. The molecule has 1 atom stereocenters. The van der Waals surface area contributed by atoms with Crippen molar-refractivity contribution < 1.29 is 4.74 Å². The van der Waals surface area contributed by atoms with Crippen molar-refractivity contribution in [3.63, 3.8) is 0 Å². The first-order valence-corrected chi connectivity index (χ1v) is 9.11. The van der Waals surface area contributed by atoms with Crippen LogP contribution < -0.4 is 5.32 Å². The van der Waals surface area contributed by atoms with E-state index in [0.29, 0.717) is 5.41 Å². The lowest BCUT2D eigenvalue weighted by atomic mass is 9.87. The molecule has 1 N–H and O–H groups in total. The number of likely N-dealkylation sites (tertiary alicyclic amines) is 1. The van der Waals surface area contributed by atoms with Gasteiger partial charge in [0.2, 0.25) is 0 Å². The molecule has 0 amide bonds. The van der Waals surface area contributed by atoms with Gasteiger partial charge in [0, 0.05) is 50.0 Å². The van der Waals surface area contributed by atoms with E-state index >= 15 is 0 Å². The van der Waals surface area contributed by atoms with Crippen LogP contribution in [0.5, 0.6) is 0 Å². The molecule has 0 saturated carbocycles. The second-order valence-electron chi connectivity index (χ2n) is 6.32. The molecule has 122 valence electrons. The number of hydrogen-bond acceptors (Lipinski definition) is 4. The maximum Gasteiger partial charge on any atom is 0.193 e. The molecular weight excluding hydrogens is 296 g/mol. The Morgan fingerprint density at radius 1 is 1.55 bits per heavy atom. The lowest BCUT2D eigenvalue weighted by molar-refractivity contribution is 0.156. The van der Waals surface area contributed by atoms with Crippen LogP contribution >= 0.6 is 11.3 Å². The summed E-state index contributed by atoms with van der Waals surface area (Å²) in [5.74, 6) is 1.05. The zero-order valence-electron chi connectivity index (χ0n) is 13.6. The fourth-order valence-electron chi connectivity index (χ4n) is 3.31. The van der Waals surface area contributed by atoms with E-state index in [2.05, 4.69) is 34.4 Å². The van der Waals surface area contributed by atoms with Gasteiger partial charge >= 0.3 is 0 Å². The second kappa shape index (κ2) is 6.96. The maximum absolute atomic E-state index is 5.62. The van der Waals surface area contributed by atoms with Crippen LogP contribution in [0.2, 0.25) is 0 Å². The van der Waals surface area contributed by atoms with Gasteiger partial charge in [0.25, 0.3) is 0 Å². The third-order valence-electron chi connectivity index (χ3n) is 4.55. The van der Waals surface area contributed by atoms with Gasteiger partial charge in [0.15, 0.2) is 5.96 Å². The molecule has 3 rings (SSSR count). The number of nitrogens with one attached hydrogen (secondary N) is 1. The summed E-state index contributed by atoms with van der Waals surface area (Å²) in [5, 5.41) is 6.71. The van der Waals surface area contributed by atoms with Crippen molar-refractivity contribution in [2.45, 2.75) is 33.1 Å². The van der Waals surface area contributed by atoms with Crippen LogP contribution in [-0.2, 0) is 11.2 Å². The predicted molar refractivity (Wildman–Crippen MR) is 90.6 cm³/mol. The highest BCUT2D eigenvalue weighted by Crippen LogP contribution is 2.38. The number of aliphatic imine (C=N–C) groups is 1. The Labute approximate surface area is 136 Å². The standard InChI is InChI=1S/C16H26N4OS/c1-3-17-15(18-7-4-14-10-22-13(2)19-14)20-8-5-16(11-20)6-9-21-12-16/h10H,3-9,11-12H2,1-2H3,(H,17,18). The van der Waals surface area contributed by atoms with Crippen LogP contribution in [0.1, 0.15) is 30.5 Å². The first-order valence-electron chi connectivity index (χ1n) is 8.23. The number of hydrogen-bond donors (Lipinski definition) is 1. The van der Waals surface area contributed by atoms with Gasteiger partial charge in [-0.1, -0.05) is 0 Å². The average molecular weight is 322 g/mol. The third kappa shape index (κ3) is 3.60. The first-order chi connectivity index (χ1) is 10.7. The number of thiazole rings is 1. The highest BCUT2D eigenvalue weighted by atomic mass is 32.1. The summed E-state index contributed by atoms with van der Waals surface area (Å²) in [4.78, 5) is 11.7. The average Bonchev–Trinajstić information content (AvgIpc) is 3.22. The number of aryl methyl sites for hydroxylation is 1. The molecule has 0 bridgehead atoms. The van der Waals surface area contributed by atoms with E-state index in [9.17, 15) is 0 Å². The highest BCUT2D eigenvalue weighted by molar-refractivity contribution is 7.09. The summed E-state index contributed by atoms with van der Waals surface area (Å²) in [5.41, 5.74) is 1.53. The van der Waals surface area contributed by atoms with E-state index in [1.165, 1.54) is 12.8 Å². The molecular formula is C16H26N4OS. The van der Waals surface area contributed by atoms with Crippen molar-refractivity contribution in [1.29, 1.82) is 0 Å². The minimum Gasteiger partial charge on any atom is -0.381 e. The molecule has 3 heterocycles. The fraction of sp³-hybridized carbons (Fsp3) is 0.750. The Balaban J connectivity index is 1.58. The van der Waals surface area contributed by atoms with Crippen molar-refractivity contribution >= 4 is 17.3 Å². The molecule has 0 aliphatic carbocycles. The van der Waals surface area contributed by atoms with E-state index < -0.39 is 0 Å². The third-order valence-corrected chi connectivity index (χ3v) is 5.38.